The Balaban J connectivity index is 1.09. The Kier molecular flexibility index (Phi) is 10.1. The third kappa shape index (κ3) is 6.55. The zero-order valence-electron chi connectivity index (χ0n) is 38.7. The molecule has 11 aromatic carbocycles. The molecular weight excluding hydrogens is 854 g/mol. The van der Waals surface area contributed by atoms with Crippen molar-refractivity contribution in [3.63, 3.8) is 0 Å². The summed E-state index contributed by atoms with van der Waals surface area (Å²) in [6, 6.07) is 82.9. The van der Waals surface area contributed by atoms with Crippen molar-refractivity contribution in [3.8, 4) is 44.5 Å². The van der Waals surface area contributed by atoms with Gasteiger partial charge in [-0.15, -0.1) is 0 Å². The van der Waals surface area contributed by atoms with Gasteiger partial charge >= 0.3 is 0 Å². The summed E-state index contributed by atoms with van der Waals surface area (Å²) in [6.07, 6.45) is 0. The molecule has 1 aromatic heterocycles. The van der Waals surface area contributed by atoms with E-state index in [9.17, 15) is 0 Å². The van der Waals surface area contributed by atoms with Crippen LogP contribution in [0.25, 0.3) is 77.2 Å². The van der Waals surface area contributed by atoms with Crippen molar-refractivity contribution in [1.29, 1.82) is 0 Å². The average Bonchev–Trinajstić information content (AvgIpc) is 3.97. The topological polar surface area (TPSA) is 16.4 Å². The van der Waals surface area contributed by atoms with Gasteiger partial charge in [0, 0.05) is 33.1 Å². The monoisotopic (exact) mass is 893 g/mol. The minimum atomic E-state index is -0.676. The van der Waals surface area contributed by atoms with Crippen LogP contribution in [-0.2, 0) is 5.41 Å². The Labute approximate surface area is 418 Å². The second-order valence-corrected chi connectivity index (χ2v) is 18.4. The SMILES string of the molecule is [B]c1c([B])c(N(c2ccc3c(c2)C(c2ccccc2)(c2ccccc2)c2ccccc2-3)c2ccccc2-c2cccc3oc4c5ccccc5ccc4c23)c([B])c([B])c1-c1ccc(-c2ccccc2)cc1. The van der Waals surface area contributed by atoms with Crippen molar-refractivity contribution >= 4 is 103 Å². The van der Waals surface area contributed by atoms with Crippen LogP contribution in [0.2, 0.25) is 0 Å². The van der Waals surface area contributed by atoms with E-state index in [2.05, 4.69) is 205 Å². The first-order chi connectivity index (χ1) is 34.9. The van der Waals surface area contributed by atoms with E-state index in [4.69, 9.17) is 35.8 Å². The number of benzene rings is 11. The molecule has 6 heteroatoms. The minimum absolute atomic E-state index is 0.313. The number of fused-ring (bicyclic) bond motifs is 8. The molecule has 0 spiro atoms. The number of para-hydroxylation sites is 1. The lowest BCUT2D eigenvalue weighted by Crippen LogP contribution is -2.46. The number of furan rings is 1. The highest BCUT2D eigenvalue weighted by Crippen LogP contribution is 2.57. The number of nitrogens with zero attached hydrogens (tertiary/aromatic N) is 1. The Hall–Kier alpha value is -8.46. The van der Waals surface area contributed by atoms with E-state index in [-0.39, 0.29) is 0 Å². The molecule has 1 heterocycles. The number of hydrogen-bond donors (Lipinski definition) is 0. The quantitative estimate of drug-likeness (QED) is 0.141. The van der Waals surface area contributed by atoms with Gasteiger partial charge in [0.25, 0.3) is 0 Å². The lowest BCUT2D eigenvalue weighted by atomic mass is 9.64. The molecule has 0 aliphatic heterocycles. The zero-order valence-corrected chi connectivity index (χ0v) is 38.7. The molecule has 0 bridgehead atoms. The van der Waals surface area contributed by atoms with Crippen molar-refractivity contribution < 1.29 is 4.42 Å². The second kappa shape index (κ2) is 16.9. The predicted octanol–water partition coefficient (Wildman–Crippen LogP) is 12.7. The van der Waals surface area contributed by atoms with Gasteiger partial charge in [0.1, 0.15) is 42.6 Å². The van der Waals surface area contributed by atoms with Gasteiger partial charge in [-0.25, -0.2) is 0 Å². The largest absolute Gasteiger partial charge is 0.455 e. The average molecular weight is 893 g/mol. The molecular formula is C65H39B4NO. The summed E-state index contributed by atoms with van der Waals surface area (Å²) in [4.78, 5) is 2.16. The maximum Gasteiger partial charge on any atom is 0.143 e. The van der Waals surface area contributed by atoms with E-state index in [0.717, 1.165) is 94.2 Å². The zero-order chi connectivity index (χ0) is 47.8. The van der Waals surface area contributed by atoms with Gasteiger partial charge in [0.15, 0.2) is 0 Å². The molecule has 1 aliphatic carbocycles. The normalized spacial score (nSPS) is 12.6. The standard InChI is InChI=1S/C65H39B4NO/c66-59-57(43-33-31-41(32-34-43)40-17-4-1-5-18-40)60(67)62(69)63(61(59)68)70(55-29-15-13-26-50(55)51-27-16-30-56-58(51)52-37-35-42-19-10-11-24-47(42)64(52)71-56)46-36-38-49-48-25-12-14-28-53(48)65(54(49)39-46,44-20-6-2-7-21-44)45-22-8-3-9-23-45/h1-39H. The van der Waals surface area contributed by atoms with Gasteiger partial charge in [0.2, 0.25) is 0 Å². The molecule has 0 N–H and O–H groups in total. The van der Waals surface area contributed by atoms with Crippen LogP contribution in [0.5, 0.6) is 0 Å². The highest BCUT2D eigenvalue weighted by Gasteiger charge is 2.46. The maximum atomic E-state index is 7.48. The van der Waals surface area contributed by atoms with E-state index < -0.39 is 5.41 Å². The van der Waals surface area contributed by atoms with Crippen LogP contribution in [0.15, 0.2) is 241 Å². The van der Waals surface area contributed by atoms with Gasteiger partial charge in [-0.2, -0.15) is 0 Å². The van der Waals surface area contributed by atoms with Crippen LogP contribution in [0, 0.1) is 0 Å². The molecule has 8 radical (unpaired) electrons. The van der Waals surface area contributed by atoms with Crippen LogP contribution in [0.1, 0.15) is 22.3 Å². The summed E-state index contributed by atoms with van der Waals surface area (Å²) in [5.41, 5.74) is 16.9. The Bertz CT molecular complexity index is 3970. The molecule has 0 unspecified atom stereocenters. The number of rotatable bonds is 8. The van der Waals surface area contributed by atoms with Gasteiger partial charge in [0.05, 0.1) is 11.1 Å². The summed E-state index contributed by atoms with van der Waals surface area (Å²) in [7, 11) is 29.5. The van der Waals surface area contributed by atoms with Crippen LogP contribution < -0.4 is 26.8 Å². The predicted molar refractivity (Wildman–Crippen MR) is 301 cm³/mol. The van der Waals surface area contributed by atoms with E-state index in [1.165, 1.54) is 11.1 Å². The first kappa shape index (κ1) is 42.6. The molecule has 2 nitrogen and oxygen atoms in total. The Morgan fingerprint density at radius 3 is 1.66 bits per heavy atom. The Morgan fingerprint density at radius 1 is 0.380 bits per heavy atom. The highest BCUT2D eigenvalue weighted by atomic mass is 16.3. The second-order valence-electron chi connectivity index (χ2n) is 18.4. The minimum Gasteiger partial charge on any atom is -0.455 e. The van der Waals surface area contributed by atoms with E-state index in [1.54, 1.807) is 0 Å². The third-order valence-corrected chi connectivity index (χ3v) is 14.7. The van der Waals surface area contributed by atoms with Gasteiger partial charge in [-0.05, 0) is 96.9 Å². The molecule has 12 aromatic rings. The number of hydrogen-bond acceptors (Lipinski definition) is 2. The molecule has 0 fully saturated rings. The molecule has 0 saturated carbocycles. The van der Waals surface area contributed by atoms with Gasteiger partial charge in [-0.3, -0.25) is 0 Å². The number of anilines is 3. The van der Waals surface area contributed by atoms with Gasteiger partial charge in [-0.1, -0.05) is 228 Å². The van der Waals surface area contributed by atoms with Crippen molar-refractivity contribution in [3.05, 3.63) is 259 Å². The van der Waals surface area contributed by atoms with Crippen molar-refractivity contribution in [2.45, 2.75) is 5.41 Å². The lowest BCUT2D eigenvalue weighted by Gasteiger charge is -2.36. The lowest BCUT2D eigenvalue weighted by molar-refractivity contribution is 0.673. The van der Waals surface area contributed by atoms with Crippen molar-refractivity contribution in [2.75, 3.05) is 4.90 Å². The molecule has 1 aliphatic rings. The molecule has 71 heavy (non-hydrogen) atoms. The first-order valence-corrected chi connectivity index (χ1v) is 23.9. The fraction of sp³-hybridized carbons (Fsp3) is 0.0154. The highest BCUT2D eigenvalue weighted by molar-refractivity contribution is 6.63. The summed E-state index contributed by atoms with van der Waals surface area (Å²) in [5, 5.41) is 4.20. The van der Waals surface area contributed by atoms with E-state index >= 15 is 0 Å². The molecule has 0 saturated heterocycles. The van der Waals surface area contributed by atoms with Crippen molar-refractivity contribution in [1.82, 2.24) is 0 Å². The smallest absolute Gasteiger partial charge is 0.143 e. The summed E-state index contributed by atoms with van der Waals surface area (Å²) in [5.74, 6) is 0. The van der Waals surface area contributed by atoms with Crippen molar-refractivity contribution in [2.24, 2.45) is 0 Å². The van der Waals surface area contributed by atoms with Crippen LogP contribution in [-0.4, -0.2) is 31.4 Å². The molecule has 322 valence electrons. The van der Waals surface area contributed by atoms with E-state index in [0.29, 0.717) is 33.1 Å². The summed E-state index contributed by atoms with van der Waals surface area (Å²) in [6.45, 7) is 0. The molecule has 0 amide bonds. The van der Waals surface area contributed by atoms with E-state index in [1.807, 2.05) is 36.4 Å². The fourth-order valence-electron chi connectivity index (χ4n) is 11.5. The molecule has 0 atom stereocenters. The Morgan fingerprint density at radius 2 is 0.944 bits per heavy atom. The van der Waals surface area contributed by atoms with Gasteiger partial charge < -0.3 is 9.32 Å². The van der Waals surface area contributed by atoms with Crippen LogP contribution in [0.3, 0.4) is 0 Å². The fourth-order valence-corrected chi connectivity index (χ4v) is 11.5. The molecule has 13 rings (SSSR count). The summed E-state index contributed by atoms with van der Waals surface area (Å²) >= 11 is 0. The van der Waals surface area contributed by atoms with Crippen LogP contribution in [0.4, 0.5) is 17.1 Å². The maximum absolute atomic E-state index is 7.48. The van der Waals surface area contributed by atoms with Crippen LogP contribution >= 0.6 is 0 Å². The summed E-state index contributed by atoms with van der Waals surface area (Å²) < 4.78 is 6.76. The first-order valence-electron chi connectivity index (χ1n) is 23.9. The third-order valence-electron chi connectivity index (χ3n) is 14.7.